The smallest absolute Gasteiger partial charge is 0.253 e. The van der Waals surface area contributed by atoms with Gasteiger partial charge in [0.05, 0.1) is 0 Å². The number of carbonyl (C=O) groups excluding carboxylic acids is 1. The summed E-state index contributed by atoms with van der Waals surface area (Å²) < 4.78 is 0.823. The summed E-state index contributed by atoms with van der Waals surface area (Å²) in [6, 6.07) is 5.35. The van der Waals surface area contributed by atoms with Gasteiger partial charge in [-0.25, -0.2) is 0 Å². The lowest BCUT2D eigenvalue weighted by Crippen LogP contribution is -2.34. The van der Waals surface area contributed by atoms with E-state index in [-0.39, 0.29) is 5.91 Å². The highest BCUT2D eigenvalue weighted by Crippen LogP contribution is 2.21. The van der Waals surface area contributed by atoms with E-state index in [0.717, 1.165) is 24.0 Å². The number of nitrogen functional groups attached to an aromatic ring is 1. The van der Waals surface area contributed by atoms with Crippen molar-refractivity contribution in [1.29, 1.82) is 0 Å². The van der Waals surface area contributed by atoms with E-state index in [9.17, 15) is 4.79 Å². The third-order valence-corrected chi connectivity index (χ3v) is 3.86. The lowest BCUT2D eigenvalue weighted by Gasteiger charge is -2.24. The zero-order valence-electron chi connectivity index (χ0n) is 11.2. The maximum Gasteiger partial charge on any atom is 0.253 e. The Kier molecular flexibility index (Phi) is 5.66. The molecule has 0 aliphatic rings. The molecule has 1 amide bonds. The van der Waals surface area contributed by atoms with E-state index in [0.29, 0.717) is 17.2 Å². The molecule has 0 bridgehead atoms. The minimum absolute atomic E-state index is 0.0528. The number of nitrogens with zero attached hydrogens (tertiary/aromatic N) is 1. The SMILES string of the molecule is CCC(C)CN(CC)C(=O)c1ccc(Br)c(N)c1. The molecule has 3 nitrogen and oxygen atoms in total. The van der Waals surface area contributed by atoms with Crippen molar-refractivity contribution in [1.82, 2.24) is 4.90 Å². The Bertz CT molecular complexity index is 420. The van der Waals surface area contributed by atoms with Gasteiger partial charge in [-0.1, -0.05) is 20.3 Å². The Labute approximate surface area is 117 Å². The topological polar surface area (TPSA) is 46.3 Å². The zero-order chi connectivity index (χ0) is 13.7. The molecule has 1 atom stereocenters. The van der Waals surface area contributed by atoms with Crippen LogP contribution < -0.4 is 5.73 Å². The van der Waals surface area contributed by atoms with Crippen molar-refractivity contribution in [2.75, 3.05) is 18.8 Å². The normalized spacial score (nSPS) is 12.2. The predicted octanol–water partition coefficient (Wildman–Crippen LogP) is 3.54. The van der Waals surface area contributed by atoms with Crippen LogP contribution in [0, 0.1) is 5.92 Å². The number of hydrogen-bond donors (Lipinski definition) is 1. The van der Waals surface area contributed by atoms with Crippen LogP contribution in [-0.4, -0.2) is 23.9 Å². The van der Waals surface area contributed by atoms with E-state index >= 15 is 0 Å². The average Bonchev–Trinajstić information content (AvgIpc) is 2.38. The minimum atomic E-state index is 0.0528. The van der Waals surface area contributed by atoms with Crippen LogP contribution in [0.25, 0.3) is 0 Å². The van der Waals surface area contributed by atoms with E-state index in [1.54, 1.807) is 6.07 Å². The predicted molar refractivity (Wildman–Crippen MR) is 79.6 cm³/mol. The van der Waals surface area contributed by atoms with E-state index in [1.165, 1.54) is 0 Å². The Hall–Kier alpha value is -1.03. The molecule has 100 valence electrons. The van der Waals surface area contributed by atoms with Crippen LogP contribution in [0.5, 0.6) is 0 Å². The molecule has 0 spiro atoms. The summed E-state index contributed by atoms with van der Waals surface area (Å²) in [6.45, 7) is 7.82. The van der Waals surface area contributed by atoms with Gasteiger partial charge in [-0.3, -0.25) is 4.79 Å². The van der Waals surface area contributed by atoms with Gasteiger partial charge >= 0.3 is 0 Å². The number of rotatable bonds is 5. The van der Waals surface area contributed by atoms with Gasteiger partial charge in [0.15, 0.2) is 0 Å². The molecule has 0 saturated heterocycles. The van der Waals surface area contributed by atoms with Gasteiger partial charge in [-0.2, -0.15) is 0 Å². The van der Waals surface area contributed by atoms with E-state index in [2.05, 4.69) is 29.8 Å². The second-order valence-corrected chi connectivity index (χ2v) is 5.45. The van der Waals surface area contributed by atoms with Gasteiger partial charge in [-0.05, 0) is 47.0 Å². The van der Waals surface area contributed by atoms with Crippen molar-refractivity contribution in [3.05, 3.63) is 28.2 Å². The van der Waals surface area contributed by atoms with Crippen molar-refractivity contribution < 1.29 is 4.79 Å². The molecule has 1 aromatic carbocycles. The summed E-state index contributed by atoms with van der Waals surface area (Å²) in [5.74, 6) is 0.568. The first-order valence-corrected chi connectivity index (χ1v) is 7.13. The van der Waals surface area contributed by atoms with Gasteiger partial charge in [0.1, 0.15) is 0 Å². The van der Waals surface area contributed by atoms with Crippen molar-refractivity contribution in [2.45, 2.75) is 27.2 Å². The van der Waals surface area contributed by atoms with Crippen LogP contribution in [-0.2, 0) is 0 Å². The van der Waals surface area contributed by atoms with Crippen LogP contribution in [0.4, 0.5) is 5.69 Å². The Morgan fingerprint density at radius 2 is 2.11 bits per heavy atom. The monoisotopic (exact) mass is 312 g/mol. The molecule has 0 radical (unpaired) electrons. The summed E-state index contributed by atoms with van der Waals surface area (Å²) in [6.07, 6.45) is 1.08. The molecule has 1 rings (SSSR count). The fourth-order valence-electron chi connectivity index (χ4n) is 1.72. The standard InChI is InChI=1S/C14H21BrN2O/c1-4-10(3)9-17(5-2)14(18)11-6-7-12(15)13(16)8-11/h6-8,10H,4-5,9,16H2,1-3H3. The van der Waals surface area contributed by atoms with Crippen LogP contribution >= 0.6 is 15.9 Å². The number of hydrogen-bond acceptors (Lipinski definition) is 2. The highest BCUT2D eigenvalue weighted by Gasteiger charge is 2.16. The lowest BCUT2D eigenvalue weighted by molar-refractivity contribution is 0.0741. The lowest BCUT2D eigenvalue weighted by atomic mass is 10.1. The summed E-state index contributed by atoms with van der Waals surface area (Å²) in [4.78, 5) is 14.2. The Balaban J connectivity index is 2.86. The highest BCUT2D eigenvalue weighted by molar-refractivity contribution is 9.10. The Morgan fingerprint density at radius 1 is 1.44 bits per heavy atom. The first-order valence-electron chi connectivity index (χ1n) is 6.33. The summed E-state index contributed by atoms with van der Waals surface area (Å²) in [7, 11) is 0. The molecule has 0 aromatic heterocycles. The molecule has 4 heteroatoms. The van der Waals surface area contributed by atoms with E-state index < -0.39 is 0 Å². The maximum atomic E-state index is 12.3. The molecular formula is C14H21BrN2O. The molecule has 1 aromatic rings. The van der Waals surface area contributed by atoms with E-state index in [4.69, 9.17) is 5.73 Å². The molecule has 0 fully saturated rings. The largest absolute Gasteiger partial charge is 0.398 e. The number of benzene rings is 1. The number of anilines is 1. The molecule has 18 heavy (non-hydrogen) atoms. The van der Waals surface area contributed by atoms with Crippen molar-refractivity contribution >= 4 is 27.5 Å². The first kappa shape index (κ1) is 15.0. The van der Waals surface area contributed by atoms with Crippen LogP contribution in [0.15, 0.2) is 22.7 Å². The molecule has 1 unspecified atom stereocenters. The average molecular weight is 313 g/mol. The molecule has 0 aliphatic heterocycles. The molecule has 2 N–H and O–H groups in total. The number of amides is 1. The second kappa shape index (κ2) is 6.78. The van der Waals surface area contributed by atoms with Gasteiger partial charge < -0.3 is 10.6 Å². The van der Waals surface area contributed by atoms with Crippen LogP contribution in [0.2, 0.25) is 0 Å². The summed E-state index contributed by atoms with van der Waals surface area (Å²) >= 11 is 3.33. The van der Waals surface area contributed by atoms with Crippen molar-refractivity contribution in [3.8, 4) is 0 Å². The third-order valence-electron chi connectivity index (χ3n) is 3.14. The maximum absolute atomic E-state index is 12.3. The molecule has 0 heterocycles. The van der Waals surface area contributed by atoms with Crippen LogP contribution in [0.3, 0.4) is 0 Å². The third kappa shape index (κ3) is 3.73. The van der Waals surface area contributed by atoms with E-state index in [1.807, 2.05) is 24.0 Å². The van der Waals surface area contributed by atoms with Gasteiger partial charge in [0, 0.05) is 28.8 Å². The second-order valence-electron chi connectivity index (χ2n) is 4.59. The number of nitrogens with two attached hydrogens (primary N) is 1. The van der Waals surface area contributed by atoms with Gasteiger partial charge in [0.25, 0.3) is 5.91 Å². The zero-order valence-corrected chi connectivity index (χ0v) is 12.8. The summed E-state index contributed by atoms with van der Waals surface area (Å²) in [5, 5.41) is 0. The Morgan fingerprint density at radius 3 is 2.61 bits per heavy atom. The first-order chi connectivity index (χ1) is 8.49. The van der Waals surface area contributed by atoms with Crippen LogP contribution in [0.1, 0.15) is 37.6 Å². The number of carbonyl (C=O) groups is 1. The highest BCUT2D eigenvalue weighted by atomic mass is 79.9. The number of halogens is 1. The minimum Gasteiger partial charge on any atom is -0.398 e. The molecule has 0 saturated carbocycles. The van der Waals surface area contributed by atoms with Crippen molar-refractivity contribution in [2.24, 2.45) is 5.92 Å². The van der Waals surface area contributed by atoms with Gasteiger partial charge in [-0.15, -0.1) is 0 Å². The van der Waals surface area contributed by atoms with Gasteiger partial charge in [0.2, 0.25) is 0 Å². The molecular weight excluding hydrogens is 292 g/mol. The van der Waals surface area contributed by atoms with Crippen molar-refractivity contribution in [3.63, 3.8) is 0 Å². The fourth-order valence-corrected chi connectivity index (χ4v) is 1.97. The quantitative estimate of drug-likeness (QED) is 0.845. The fraction of sp³-hybridized carbons (Fsp3) is 0.500. The molecule has 0 aliphatic carbocycles. The summed E-state index contributed by atoms with van der Waals surface area (Å²) in [5.41, 5.74) is 7.06.